The van der Waals surface area contributed by atoms with Gasteiger partial charge in [-0.05, 0) is 50.7 Å². The van der Waals surface area contributed by atoms with Crippen molar-refractivity contribution in [3.8, 4) is 0 Å². The predicted molar refractivity (Wildman–Crippen MR) is 89.4 cm³/mol. The predicted octanol–water partition coefficient (Wildman–Crippen LogP) is 1.52. The number of hydrogen-bond donors (Lipinski definition) is 1. The lowest BCUT2D eigenvalue weighted by molar-refractivity contribution is 0.152. The normalized spacial score (nSPS) is 17.5. The summed E-state index contributed by atoms with van der Waals surface area (Å²) in [6.45, 7) is 5.98. The largest absolute Gasteiger partial charge is 0.304 e. The van der Waals surface area contributed by atoms with E-state index < -0.39 is 15.8 Å². The van der Waals surface area contributed by atoms with Crippen LogP contribution in [0.4, 0.5) is 4.39 Å². The summed E-state index contributed by atoms with van der Waals surface area (Å²) in [5.74, 6) is -0.437. The monoisotopic (exact) mass is 343 g/mol. The van der Waals surface area contributed by atoms with E-state index in [0.717, 1.165) is 64.1 Å². The Kier molecular flexibility index (Phi) is 6.95. The number of rotatable bonds is 8. The summed E-state index contributed by atoms with van der Waals surface area (Å²) in [6.07, 6.45) is 2.90. The van der Waals surface area contributed by atoms with Crippen molar-refractivity contribution in [3.05, 3.63) is 30.1 Å². The second-order valence-electron chi connectivity index (χ2n) is 6.06. The third kappa shape index (κ3) is 6.18. The zero-order valence-corrected chi connectivity index (χ0v) is 14.5. The first-order valence-electron chi connectivity index (χ1n) is 8.13. The highest BCUT2D eigenvalue weighted by atomic mass is 32.2. The van der Waals surface area contributed by atoms with Gasteiger partial charge in [-0.1, -0.05) is 6.42 Å². The maximum absolute atomic E-state index is 12.8. The summed E-state index contributed by atoms with van der Waals surface area (Å²) in [5.41, 5.74) is 0. The summed E-state index contributed by atoms with van der Waals surface area (Å²) in [4.78, 5) is 4.90. The first kappa shape index (κ1) is 18.3. The highest BCUT2D eigenvalue weighted by Crippen LogP contribution is 2.10. The second kappa shape index (κ2) is 8.73. The van der Waals surface area contributed by atoms with Gasteiger partial charge in [0, 0.05) is 32.7 Å². The third-order valence-corrected chi connectivity index (χ3v) is 5.64. The van der Waals surface area contributed by atoms with E-state index in [1.807, 2.05) is 0 Å². The molecule has 2 rings (SSSR count). The average molecular weight is 343 g/mol. The highest BCUT2D eigenvalue weighted by Gasteiger charge is 2.14. The highest BCUT2D eigenvalue weighted by molar-refractivity contribution is 7.89. The van der Waals surface area contributed by atoms with Crippen molar-refractivity contribution in [3.63, 3.8) is 0 Å². The van der Waals surface area contributed by atoms with Crippen LogP contribution >= 0.6 is 0 Å². The molecule has 5 nitrogen and oxygen atoms in total. The number of sulfonamides is 1. The van der Waals surface area contributed by atoms with E-state index in [4.69, 9.17) is 0 Å². The fourth-order valence-corrected chi connectivity index (χ4v) is 3.69. The Morgan fingerprint density at radius 1 is 1.04 bits per heavy atom. The van der Waals surface area contributed by atoms with Crippen LogP contribution in [0.25, 0.3) is 0 Å². The minimum absolute atomic E-state index is 0.108. The summed E-state index contributed by atoms with van der Waals surface area (Å²) in [7, 11) is -1.38. The molecule has 0 atom stereocenters. The van der Waals surface area contributed by atoms with Gasteiger partial charge in [0.15, 0.2) is 0 Å². The van der Waals surface area contributed by atoms with E-state index >= 15 is 0 Å². The standard InChI is InChI=1S/C16H26FN3O2S/c1-19-11-13-20(14-12-19)10-4-2-3-9-18-23(21,22)16-7-5-15(17)6-8-16/h5-8,18H,2-4,9-14H2,1H3. The van der Waals surface area contributed by atoms with Crippen LogP contribution in [-0.2, 0) is 10.0 Å². The van der Waals surface area contributed by atoms with Gasteiger partial charge in [-0.3, -0.25) is 0 Å². The summed E-state index contributed by atoms with van der Waals surface area (Å²) < 4.78 is 39.4. The van der Waals surface area contributed by atoms with E-state index in [1.165, 1.54) is 12.1 Å². The molecule has 130 valence electrons. The number of benzene rings is 1. The molecule has 0 aromatic heterocycles. The fraction of sp³-hybridized carbons (Fsp3) is 0.625. The van der Waals surface area contributed by atoms with Gasteiger partial charge in [-0.15, -0.1) is 0 Å². The molecule has 0 radical (unpaired) electrons. The van der Waals surface area contributed by atoms with E-state index in [0.29, 0.717) is 6.54 Å². The van der Waals surface area contributed by atoms with Crippen molar-refractivity contribution in [2.75, 3.05) is 46.3 Å². The molecule has 1 aliphatic rings. The number of likely N-dealkylation sites (N-methyl/N-ethyl adjacent to an activating group) is 1. The lowest BCUT2D eigenvalue weighted by Crippen LogP contribution is -2.44. The third-order valence-electron chi connectivity index (χ3n) is 4.16. The lowest BCUT2D eigenvalue weighted by atomic mass is 10.2. The van der Waals surface area contributed by atoms with Crippen LogP contribution in [-0.4, -0.2) is 64.5 Å². The van der Waals surface area contributed by atoms with Gasteiger partial charge in [0.25, 0.3) is 0 Å². The zero-order valence-electron chi connectivity index (χ0n) is 13.7. The van der Waals surface area contributed by atoms with Crippen LogP contribution < -0.4 is 4.72 Å². The number of unbranched alkanes of at least 4 members (excludes halogenated alkanes) is 2. The zero-order chi connectivity index (χ0) is 16.7. The van der Waals surface area contributed by atoms with Crippen LogP contribution in [0, 0.1) is 5.82 Å². The van der Waals surface area contributed by atoms with Crippen molar-refractivity contribution >= 4 is 10.0 Å². The molecule has 0 amide bonds. The summed E-state index contributed by atoms with van der Waals surface area (Å²) >= 11 is 0. The van der Waals surface area contributed by atoms with Crippen molar-refractivity contribution in [1.29, 1.82) is 0 Å². The molecule has 1 aliphatic heterocycles. The Morgan fingerprint density at radius 3 is 2.35 bits per heavy atom. The molecule has 1 aromatic rings. The second-order valence-corrected chi connectivity index (χ2v) is 7.82. The average Bonchev–Trinajstić information content (AvgIpc) is 2.53. The Balaban J connectivity index is 1.60. The molecule has 1 saturated heterocycles. The van der Waals surface area contributed by atoms with Gasteiger partial charge >= 0.3 is 0 Å². The molecule has 1 aromatic carbocycles. The topological polar surface area (TPSA) is 52.6 Å². The number of nitrogens with one attached hydrogen (secondary N) is 1. The number of halogens is 1. The molecule has 0 bridgehead atoms. The Labute approximate surface area is 138 Å². The quantitative estimate of drug-likeness (QED) is 0.727. The minimum Gasteiger partial charge on any atom is -0.304 e. The van der Waals surface area contributed by atoms with Crippen LogP contribution in [0.1, 0.15) is 19.3 Å². The van der Waals surface area contributed by atoms with Gasteiger partial charge in [-0.25, -0.2) is 17.5 Å². The van der Waals surface area contributed by atoms with Crippen molar-refractivity contribution in [2.45, 2.75) is 24.2 Å². The van der Waals surface area contributed by atoms with Crippen molar-refractivity contribution in [1.82, 2.24) is 14.5 Å². The SMILES string of the molecule is CN1CCN(CCCCCNS(=O)(=O)c2ccc(F)cc2)CC1. The van der Waals surface area contributed by atoms with Crippen LogP contribution in [0.15, 0.2) is 29.2 Å². The molecule has 23 heavy (non-hydrogen) atoms. The molecule has 0 unspecified atom stereocenters. The Bertz CT molecular complexity index is 569. The van der Waals surface area contributed by atoms with E-state index in [9.17, 15) is 12.8 Å². The van der Waals surface area contributed by atoms with E-state index in [2.05, 4.69) is 21.6 Å². The molecular weight excluding hydrogens is 317 g/mol. The Hall–Kier alpha value is -1.02. The molecule has 1 N–H and O–H groups in total. The van der Waals surface area contributed by atoms with Crippen LogP contribution in [0.5, 0.6) is 0 Å². The van der Waals surface area contributed by atoms with Crippen LogP contribution in [0.2, 0.25) is 0 Å². The van der Waals surface area contributed by atoms with Gasteiger partial charge in [-0.2, -0.15) is 0 Å². The fourth-order valence-electron chi connectivity index (χ4n) is 2.61. The van der Waals surface area contributed by atoms with Gasteiger partial charge in [0.1, 0.15) is 5.82 Å². The number of hydrogen-bond acceptors (Lipinski definition) is 4. The van der Waals surface area contributed by atoms with Crippen LogP contribution in [0.3, 0.4) is 0 Å². The van der Waals surface area contributed by atoms with Gasteiger partial charge in [0.05, 0.1) is 4.90 Å². The van der Waals surface area contributed by atoms with Crippen molar-refractivity contribution < 1.29 is 12.8 Å². The summed E-state index contributed by atoms with van der Waals surface area (Å²) in [6, 6.07) is 4.88. The summed E-state index contributed by atoms with van der Waals surface area (Å²) in [5, 5.41) is 0. The maximum atomic E-state index is 12.8. The van der Waals surface area contributed by atoms with Gasteiger partial charge in [0.2, 0.25) is 10.0 Å². The molecule has 0 saturated carbocycles. The van der Waals surface area contributed by atoms with E-state index in [-0.39, 0.29) is 4.90 Å². The number of piperazine rings is 1. The molecule has 0 aliphatic carbocycles. The van der Waals surface area contributed by atoms with E-state index in [1.54, 1.807) is 0 Å². The van der Waals surface area contributed by atoms with Gasteiger partial charge < -0.3 is 9.80 Å². The molecule has 7 heteroatoms. The molecule has 1 heterocycles. The Morgan fingerprint density at radius 2 is 1.70 bits per heavy atom. The lowest BCUT2D eigenvalue weighted by Gasteiger charge is -2.32. The first-order chi connectivity index (χ1) is 11.0. The maximum Gasteiger partial charge on any atom is 0.240 e. The minimum atomic E-state index is -3.52. The molecular formula is C16H26FN3O2S. The van der Waals surface area contributed by atoms with Crippen molar-refractivity contribution in [2.24, 2.45) is 0 Å². The first-order valence-corrected chi connectivity index (χ1v) is 9.62. The number of nitrogens with zero attached hydrogens (tertiary/aromatic N) is 2. The smallest absolute Gasteiger partial charge is 0.240 e. The molecule has 0 spiro atoms. The molecule has 1 fully saturated rings.